The van der Waals surface area contributed by atoms with Crippen molar-refractivity contribution in [3.05, 3.63) is 119 Å². The summed E-state index contributed by atoms with van der Waals surface area (Å²) in [5.74, 6) is -2.53. The lowest BCUT2D eigenvalue weighted by molar-refractivity contribution is -0.141. The fourth-order valence-electron chi connectivity index (χ4n) is 6.90. The van der Waals surface area contributed by atoms with Gasteiger partial charge in [0.15, 0.2) is 0 Å². The van der Waals surface area contributed by atoms with E-state index in [1.54, 1.807) is 13.8 Å². The molecule has 0 unspecified atom stereocenters. The number of benzene rings is 4. The predicted molar refractivity (Wildman–Crippen MR) is 198 cm³/mol. The highest BCUT2D eigenvalue weighted by molar-refractivity contribution is 5.82. The third-order valence-electron chi connectivity index (χ3n) is 10.2. The lowest BCUT2D eigenvalue weighted by Crippen LogP contribution is -2.45. The fraction of sp³-hybridized carbons (Fsp3) is 0.333. The Morgan fingerprint density at radius 1 is 0.538 bits per heavy atom. The third kappa shape index (κ3) is 8.28. The number of alkyl carbamates (subject to hydrolysis) is 2. The van der Waals surface area contributed by atoms with Gasteiger partial charge in [0.25, 0.3) is 0 Å². The molecule has 4 atom stereocenters. The van der Waals surface area contributed by atoms with Crippen molar-refractivity contribution in [3.8, 4) is 22.3 Å². The van der Waals surface area contributed by atoms with Crippen LogP contribution in [-0.4, -0.2) is 59.6 Å². The van der Waals surface area contributed by atoms with Gasteiger partial charge in [-0.05, 0) is 56.3 Å². The summed E-state index contributed by atoms with van der Waals surface area (Å²) in [6.07, 6.45) is -0.0829. The number of ether oxygens (including phenoxy) is 2. The Morgan fingerprint density at radius 3 is 1.06 bits per heavy atom. The van der Waals surface area contributed by atoms with Gasteiger partial charge in [-0.25, -0.2) is 19.2 Å². The van der Waals surface area contributed by atoms with Gasteiger partial charge in [-0.1, -0.05) is 138 Å². The Hall–Kier alpha value is -5.64. The molecule has 0 saturated heterocycles. The quantitative estimate of drug-likeness (QED) is 0.116. The zero-order valence-corrected chi connectivity index (χ0v) is 29.9. The number of nitrogens with one attached hydrogen (secondary N) is 2. The first-order valence-electron chi connectivity index (χ1n) is 17.7. The fourth-order valence-corrected chi connectivity index (χ4v) is 6.90. The highest BCUT2D eigenvalue weighted by atomic mass is 16.6. The molecule has 0 radical (unpaired) electrons. The maximum atomic E-state index is 12.2. The molecule has 2 amide bonds. The van der Waals surface area contributed by atoms with Crippen LogP contribution in [0.5, 0.6) is 0 Å². The van der Waals surface area contributed by atoms with Gasteiger partial charge in [-0.3, -0.25) is 0 Å². The minimum atomic E-state index is -1.05. The normalized spacial score (nSPS) is 14.8. The molecule has 0 aromatic heterocycles. The largest absolute Gasteiger partial charge is 0.480 e. The highest BCUT2D eigenvalue weighted by Crippen LogP contribution is 2.45. The SMILES string of the molecule is CC[C@H](C)[C@H](NC(=O)OCC1c2ccccc2-c2ccccc21)C(=O)O.CC[C@H](C)[C@H](NC(=O)OCC1c2ccccc2-c2ccccc21)C(=O)O. The molecule has 4 aromatic carbocycles. The number of hydrogen-bond donors (Lipinski definition) is 4. The molecule has 4 N–H and O–H groups in total. The molecular weight excluding hydrogens is 660 g/mol. The highest BCUT2D eigenvalue weighted by Gasteiger charge is 2.32. The first-order chi connectivity index (χ1) is 25.0. The number of carbonyl (C=O) groups excluding carboxylic acids is 2. The summed E-state index contributed by atoms with van der Waals surface area (Å²) in [5, 5.41) is 23.5. The van der Waals surface area contributed by atoms with Gasteiger partial charge in [-0.15, -0.1) is 0 Å². The van der Waals surface area contributed by atoms with E-state index in [1.807, 2.05) is 86.6 Å². The standard InChI is InChI=1S/2C21H23NO4/c2*1-3-13(2)19(20(23)24)22-21(25)26-12-18-16-10-6-4-8-14(16)15-9-5-7-11-17(15)18/h2*4-11,13,18-19H,3,12H2,1-2H3,(H,22,25)(H,23,24)/t2*13-,19-/m00/s1. The van der Waals surface area contributed by atoms with Gasteiger partial charge in [-0.2, -0.15) is 0 Å². The van der Waals surface area contributed by atoms with Gasteiger partial charge in [0.1, 0.15) is 25.3 Å². The van der Waals surface area contributed by atoms with E-state index in [0.29, 0.717) is 12.8 Å². The van der Waals surface area contributed by atoms with Crippen molar-refractivity contribution in [1.82, 2.24) is 10.6 Å². The second-order valence-corrected chi connectivity index (χ2v) is 13.3. The van der Waals surface area contributed by atoms with Crippen molar-refractivity contribution in [2.75, 3.05) is 13.2 Å². The van der Waals surface area contributed by atoms with Crippen LogP contribution in [-0.2, 0) is 19.1 Å². The summed E-state index contributed by atoms with van der Waals surface area (Å²) in [5.41, 5.74) is 9.10. The molecule has 0 aliphatic heterocycles. The molecule has 0 bridgehead atoms. The van der Waals surface area contributed by atoms with Crippen LogP contribution in [0.2, 0.25) is 0 Å². The lowest BCUT2D eigenvalue weighted by atomic mass is 9.98. The topological polar surface area (TPSA) is 151 Å². The van der Waals surface area contributed by atoms with Gasteiger partial charge in [0.2, 0.25) is 0 Å². The minimum Gasteiger partial charge on any atom is -0.480 e. The van der Waals surface area contributed by atoms with Crippen molar-refractivity contribution in [2.24, 2.45) is 11.8 Å². The second kappa shape index (κ2) is 17.0. The Bertz CT molecular complexity index is 1680. The van der Waals surface area contributed by atoms with Crippen molar-refractivity contribution >= 4 is 24.1 Å². The first kappa shape index (κ1) is 37.6. The minimum absolute atomic E-state index is 0.0416. The van der Waals surface area contributed by atoms with Crippen molar-refractivity contribution < 1.29 is 38.9 Å². The van der Waals surface area contributed by atoms with E-state index in [0.717, 1.165) is 44.5 Å². The molecule has 4 aromatic rings. The van der Waals surface area contributed by atoms with E-state index in [1.165, 1.54) is 0 Å². The number of carbonyl (C=O) groups is 4. The first-order valence-corrected chi connectivity index (χ1v) is 17.7. The van der Waals surface area contributed by atoms with Gasteiger partial charge < -0.3 is 30.3 Å². The Morgan fingerprint density at radius 2 is 0.808 bits per heavy atom. The van der Waals surface area contributed by atoms with E-state index in [2.05, 4.69) is 34.9 Å². The maximum Gasteiger partial charge on any atom is 0.407 e. The van der Waals surface area contributed by atoms with Crippen LogP contribution in [0.3, 0.4) is 0 Å². The summed E-state index contributed by atoms with van der Waals surface area (Å²) in [6, 6.07) is 30.4. The average molecular weight is 707 g/mol. The zero-order chi connectivity index (χ0) is 37.4. The van der Waals surface area contributed by atoms with Gasteiger partial charge in [0, 0.05) is 11.8 Å². The molecular formula is C42H46N2O8. The average Bonchev–Trinajstić information content (AvgIpc) is 3.66. The number of carboxylic acid groups (broad SMARTS) is 2. The van der Waals surface area contributed by atoms with Crippen LogP contribution < -0.4 is 10.6 Å². The molecule has 0 spiro atoms. The smallest absolute Gasteiger partial charge is 0.407 e. The summed E-state index contributed by atoms with van der Waals surface area (Å²) >= 11 is 0. The molecule has 2 aliphatic rings. The molecule has 6 rings (SSSR count). The lowest BCUT2D eigenvalue weighted by Gasteiger charge is -2.21. The van der Waals surface area contributed by atoms with Crippen LogP contribution in [0.25, 0.3) is 22.3 Å². The third-order valence-corrected chi connectivity index (χ3v) is 10.2. The van der Waals surface area contributed by atoms with Crippen LogP contribution in [0.1, 0.15) is 74.6 Å². The van der Waals surface area contributed by atoms with Crippen molar-refractivity contribution in [1.29, 1.82) is 0 Å². The van der Waals surface area contributed by atoms with E-state index in [4.69, 9.17) is 9.47 Å². The van der Waals surface area contributed by atoms with E-state index < -0.39 is 36.2 Å². The van der Waals surface area contributed by atoms with Crippen LogP contribution in [0, 0.1) is 11.8 Å². The molecule has 272 valence electrons. The second-order valence-electron chi connectivity index (χ2n) is 13.3. The molecule has 10 heteroatoms. The van der Waals surface area contributed by atoms with Crippen LogP contribution >= 0.6 is 0 Å². The van der Waals surface area contributed by atoms with E-state index in [9.17, 15) is 29.4 Å². The molecule has 0 fully saturated rings. The van der Waals surface area contributed by atoms with Crippen LogP contribution in [0.15, 0.2) is 97.1 Å². The summed E-state index contributed by atoms with van der Waals surface area (Å²) < 4.78 is 10.8. The number of carboxylic acids is 2. The maximum absolute atomic E-state index is 12.2. The van der Waals surface area contributed by atoms with E-state index >= 15 is 0 Å². The number of amides is 2. The Labute approximate surface area is 304 Å². The zero-order valence-electron chi connectivity index (χ0n) is 29.9. The van der Waals surface area contributed by atoms with Gasteiger partial charge in [0.05, 0.1) is 0 Å². The van der Waals surface area contributed by atoms with Crippen molar-refractivity contribution in [3.63, 3.8) is 0 Å². The molecule has 52 heavy (non-hydrogen) atoms. The number of rotatable bonds is 12. The monoisotopic (exact) mass is 706 g/mol. The Kier molecular flexibility index (Phi) is 12.3. The molecule has 2 aliphatic carbocycles. The van der Waals surface area contributed by atoms with Gasteiger partial charge >= 0.3 is 24.1 Å². The van der Waals surface area contributed by atoms with E-state index in [-0.39, 0.29) is 36.9 Å². The number of fused-ring (bicyclic) bond motifs is 6. The predicted octanol–water partition coefficient (Wildman–Crippen LogP) is 8.05. The molecule has 0 heterocycles. The summed E-state index contributed by atoms with van der Waals surface area (Å²) in [7, 11) is 0. The summed E-state index contributed by atoms with van der Waals surface area (Å²) in [6.45, 7) is 7.71. The molecule has 10 nitrogen and oxygen atoms in total. The number of aliphatic carboxylic acids is 2. The Balaban J connectivity index is 0.000000201. The number of hydrogen-bond acceptors (Lipinski definition) is 6. The van der Waals surface area contributed by atoms with Crippen molar-refractivity contribution in [2.45, 2.75) is 64.5 Å². The van der Waals surface area contributed by atoms with Crippen LogP contribution in [0.4, 0.5) is 9.59 Å². The molecule has 0 saturated carbocycles. The summed E-state index contributed by atoms with van der Waals surface area (Å²) in [4.78, 5) is 47.0.